The minimum absolute atomic E-state index is 0.0428. The topological polar surface area (TPSA) is 121 Å². The molecule has 154 valence electrons. The zero-order chi connectivity index (χ0) is 21.5. The maximum absolute atomic E-state index is 12.1. The second kappa shape index (κ2) is 9.56. The fraction of sp³-hybridized carbons (Fsp3) is 0.174. The lowest BCUT2D eigenvalue weighted by atomic mass is 10.0. The van der Waals surface area contributed by atoms with E-state index in [0.717, 1.165) is 17.5 Å². The Bertz CT molecular complexity index is 1020. The van der Waals surface area contributed by atoms with Gasteiger partial charge in [0.1, 0.15) is 18.2 Å². The number of hydrogen-bond donors (Lipinski definition) is 4. The summed E-state index contributed by atoms with van der Waals surface area (Å²) in [5, 5.41) is 20.5. The summed E-state index contributed by atoms with van der Waals surface area (Å²) in [6.07, 6.45) is 4.15. The lowest BCUT2D eigenvalue weighted by molar-refractivity contribution is -0.138. The maximum Gasteiger partial charge on any atom is 0.330 e. The SMILES string of the molecule is CCc1ccc(OCc2ccncc2)c(C(Nc2ccc(C(=N)N)cc2)C(=O)O)c1. The number of aromatic nitrogens is 1. The van der Waals surface area contributed by atoms with E-state index >= 15 is 0 Å². The molecule has 5 N–H and O–H groups in total. The van der Waals surface area contributed by atoms with E-state index < -0.39 is 12.0 Å². The van der Waals surface area contributed by atoms with E-state index in [1.807, 2.05) is 37.3 Å². The van der Waals surface area contributed by atoms with E-state index in [0.29, 0.717) is 29.2 Å². The fourth-order valence-electron chi connectivity index (χ4n) is 3.00. The van der Waals surface area contributed by atoms with Crippen LogP contribution in [0.4, 0.5) is 5.69 Å². The highest BCUT2D eigenvalue weighted by Gasteiger charge is 2.24. The van der Waals surface area contributed by atoms with Crippen molar-refractivity contribution >= 4 is 17.5 Å². The van der Waals surface area contributed by atoms with E-state index in [1.54, 1.807) is 36.7 Å². The van der Waals surface area contributed by atoms with E-state index in [2.05, 4.69) is 10.3 Å². The average molecular weight is 404 g/mol. The molecule has 2 aromatic carbocycles. The van der Waals surface area contributed by atoms with Crippen LogP contribution in [0.3, 0.4) is 0 Å². The first-order chi connectivity index (χ1) is 14.5. The molecule has 0 saturated heterocycles. The Hall–Kier alpha value is -3.87. The highest BCUT2D eigenvalue weighted by Crippen LogP contribution is 2.30. The van der Waals surface area contributed by atoms with Crippen molar-refractivity contribution in [2.45, 2.75) is 26.0 Å². The molecule has 0 radical (unpaired) electrons. The molecule has 0 amide bonds. The van der Waals surface area contributed by atoms with Crippen LogP contribution in [0.2, 0.25) is 0 Å². The van der Waals surface area contributed by atoms with Crippen molar-refractivity contribution in [2.75, 3.05) is 5.32 Å². The van der Waals surface area contributed by atoms with Crippen LogP contribution in [-0.2, 0) is 17.8 Å². The molecule has 1 unspecified atom stereocenters. The first kappa shape index (κ1) is 20.9. The Kier molecular flexibility index (Phi) is 6.64. The molecule has 0 aliphatic rings. The van der Waals surface area contributed by atoms with Gasteiger partial charge in [-0.15, -0.1) is 0 Å². The molecule has 3 rings (SSSR count). The zero-order valence-corrected chi connectivity index (χ0v) is 16.6. The summed E-state index contributed by atoms with van der Waals surface area (Å²) in [5.74, 6) is -0.560. The molecule has 1 atom stereocenters. The van der Waals surface area contributed by atoms with Gasteiger partial charge in [-0.1, -0.05) is 13.0 Å². The summed E-state index contributed by atoms with van der Waals surface area (Å²) in [5.41, 5.74) is 9.17. The zero-order valence-electron chi connectivity index (χ0n) is 16.6. The Morgan fingerprint density at radius 3 is 2.43 bits per heavy atom. The number of pyridine rings is 1. The number of aliphatic carboxylic acids is 1. The summed E-state index contributed by atoms with van der Waals surface area (Å²) >= 11 is 0. The van der Waals surface area contributed by atoms with Crippen molar-refractivity contribution in [2.24, 2.45) is 5.73 Å². The lowest BCUT2D eigenvalue weighted by Gasteiger charge is -2.21. The molecule has 0 bridgehead atoms. The first-order valence-corrected chi connectivity index (χ1v) is 9.56. The van der Waals surface area contributed by atoms with Crippen molar-refractivity contribution in [3.8, 4) is 5.75 Å². The van der Waals surface area contributed by atoms with Crippen LogP contribution in [0.15, 0.2) is 67.0 Å². The number of amidine groups is 1. The number of benzene rings is 2. The van der Waals surface area contributed by atoms with Crippen molar-refractivity contribution in [1.29, 1.82) is 5.41 Å². The first-order valence-electron chi connectivity index (χ1n) is 9.56. The van der Waals surface area contributed by atoms with Gasteiger partial charge in [-0.2, -0.15) is 0 Å². The van der Waals surface area contributed by atoms with Crippen LogP contribution in [0, 0.1) is 5.41 Å². The number of ether oxygens (including phenoxy) is 1. The molecule has 0 spiro atoms. The third-order valence-corrected chi connectivity index (χ3v) is 4.69. The molecule has 1 heterocycles. The number of anilines is 1. The summed E-state index contributed by atoms with van der Waals surface area (Å²) in [4.78, 5) is 16.1. The molecule has 30 heavy (non-hydrogen) atoms. The van der Waals surface area contributed by atoms with Gasteiger partial charge in [-0.25, -0.2) is 4.79 Å². The minimum Gasteiger partial charge on any atom is -0.489 e. The molecular weight excluding hydrogens is 380 g/mol. The fourth-order valence-corrected chi connectivity index (χ4v) is 3.00. The standard InChI is InChI=1S/C23H24N4O3/c1-2-15-3-8-20(30-14-16-9-11-26-12-10-16)19(13-15)21(23(28)29)27-18-6-4-17(5-7-18)22(24)25/h3-13,21,27H,2,14H2,1H3,(H3,24,25)(H,28,29). The number of nitrogens with two attached hydrogens (primary N) is 1. The molecular formula is C23H24N4O3. The van der Waals surface area contributed by atoms with Crippen LogP contribution in [0.1, 0.15) is 35.2 Å². The van der Waals surface area contributed by atoms with Crippen molar-refractivity contribution in [3.05, 3.63) is 89.2 Å². The van der Waals surface area contributed by atoms with E-state index in [1.165, 1.54) is 0 Å². The Morgan fingerprint density at radius 2 is 1.83 bits per heavy atom. The lowest BCUT2D eigenvalue weighted by Crippen LogP contribution is -2.22. The molecule has 1 aromatic heterocycles. The van der Waals surface area contributed by atoms with Crippen LogP contribution >= 0.6 is 0 Å². The van der Waals surface area contributed by atoms with Crippen molar-refractivity contribution in [3.63, 3.8) is 0 Å². The Morgan fingerprint density at radius 1 is 1.13 bits per heavy atom. The third kappa shape index (κ3) is 5.14. The molecule has 0 aliphatic carbocycles. The van der Waals surface area contributed by atoms with Gasteiger partial charge in [0.15, 0.2) is 6.04 Å². The number of rotatable bonds is 9. The summed E-state index contributed by atoms with van der Waals surface area (Å²) < 4.78 is 5.97. The summed E-state index contributed by atoms with van der Waals surface area (Å²) in [6, 6.07) is 15.1. The normalized spacial score (nSPS) is 11.5. The number of carbonyl (C=O) groups is 1. The number of carboxylic acids is 1. The number of carboxylic acid groups (broad SMARTS) is 1. The van der Waals surface area contributed by atoms with Crippen molar-refractivity contribution in [1.82, 2.24) is 4.98 Å². The third-order valence-electron chi connectivity index (χ3n) is 4.69. The predicted octanol–water partition coefficient (Wildman–Crippen LogP) is 3.74. The van der Waals surface area contributed by atoms with Crippen LogP contribution in [-0.4, -0.2) is 21.9 Å². The minimum atomic E-state index is -1.02. The van der Waals surface area contributed by atoms with Gasteiger partial charge >= 0.3 is 5.97 Å². The summed E-state index contributed by atoms with van der Waals surface area (Å²) in [7, 11) is 0. The van der Waals surface area contributed by atoms with Gasteiger partial charge in [0, 0.05) is 29.2 Å². The number of hydrogen-bond acceptors (Lipinski definition) is 5. The molecule has 0 fully saturated rings. The van der Waals surface area contributed by atoms with Gasteiger partial charge in [0.05, 0.1) is 0 Å². The van der Waals surface area contributed by atoms with Crippen LogP contribution < -0.4 is 15.8 Å². The highest BCUT2D eigenvalue weighted by atomic mass is 16.5. The van der Waals surface area contributed by atoms with Gasteiger partial charge in [-0.3, -0.25) is 10.4 Å². The second-order valence-electron chi connectivity index (χ2n) is 6.78. The summed E-state index contributed by atoms with van der Waals surface area (Å²) in [6.45, 7) is 2.32. The van der Waals surface area contributed by atoms with Crippen LogP contribution in [0.25, 0.3) is 0 Å². The van der Waals surface area contributed by atoms with Crippen LogP contribution in [0.5, 0.6) is 5.75 Å². The van der Waals surface area contributed by atoms with E-state index in [-0.39, 0.29) is 5.84 Å². The quantitative estimate of drug-likeness (QED) is 0.318. The molecule has 7 heteroatoms. The van der Waals surface area contributed by atoms with E-state index in [9.17, 15) is 9.90 Å². The van der Waals surface area contributed by atoms with Crippen molar-refractivity contribution < 1.29 is 14.6 Å². The van der Waals surface area contributed by atoms with Gasteiger partial charge < -0.3 is 20.9 Å². The molecule has 3 aromatic rings. The second-order valence-corrected chi connectivity index (χ2v) is 6.78. The number of nitrogen functional groups attached to an aromatic ring is 1. The smallest absolute Gasteiger partial charge is 0.330 e. The maximum atomic E-state index is 12.1. The van der Waals surface area contributed by atoms with Gasteiger partial charge in [0.25, 0.3) is 0 Å². The van der Waals surface area contributed by atoms with Gasteiger partial charge in [0.2, 0.25) is 0 Å². The highest BCUT2D eigenvalue weighted by molar-refractivity contribution is 5.95. The average Bonchev–Trinajstić information content (AvgIpc) is 2.77. The number of nitrogens with zero attached hydrogens (tertiary/aromatic N) is 1. The molecule has 7 nitrogen and oxygen atoms in total. The molecule has 0 aliphatic heterocycles. The Balaban J connectivity index is 1.89. The van der Waals surface area contributed by atoms with Gasteiger partial charge in [-0.05, 0) is 66.1 Å². The van der Waals surface area contributed by atoms with E-state index in [4.69, 9.17) is 15.9 Å². The largest absolute Gasteiger partial charge is 0.489 e. The monoisotopic (exact) mass is 404 g/mol. The number of aryl methyl sites for hydroxylation is 1. The molecule has 0 saturated carbocycles. The Labute approximate surface area is 175 Å². The number of nitrogens with one attached hydrogen (secondary N) is 2. The predicted molar refractivity (Wildman–Crippen MR) is 116 cm³/mol.